The van der Waals surface area contributed by atoms with Crippen molar-refractivity contribution >= 4 is 40.1 Å². The van der Waals surface area contributed by atoms with E-state index in [1.165, 1.54) is 0 Å². The number of anilines is 1. The average Bonchev–Trinajstić information content (AvgIpc) is 3.48. The molecule has 1 aliphatic heterocycles. The molecule has 2 heterocycles. The lowest BCUT2D eigenvalue weighted by atomic mass is 9.88. The molecule has 0 saturated carbocycles. The molecule has 31 heavy (non-hydrogen) atoms. The molecule has 4 aromatic rings. The Labute approximate surface area is 184 Å². The van der Waals surface area contributed by atoms with Crippen LogP contribution in [0, 0.1) is 0 Å². The van der Waals surface area contributed by atoms with E-state index in [1.807, 2.05) is 65.3 Å². The van der Waals surface area contributed by atoms with Crippen molar-refractivity contribution in [2.45, 2.75) is 12.3 Å². The minimum absolute atomic E-state index is 0.00277. The number of nitrogens with zero attached hydrogens (tertiary/aromatic N) is 2. The summed E-state index contributed by atoms with van der Waals surface area (Å²) < 4.78 is 0. The number of hydrogen-bond acceptors (Lipinski definition) is 4. The third-order valence-electron chi connectivity index (χ3n) is 5.33. The molecule has 0 radical (unpaired) electrons. The number of benzene rings is 3. The van der Waals surface area contributed by atoms with Gasteiger partial charge in [0, 0.05) is 29.5 Å². The number of aliphatic imine (C=N–C) groups is 1. The van der Waals surface area contributed by atoms with E-state index in [2.05, 4.69) is 39.6 Å². The zero-order chi connectivity index (χ0) is 21.0. The molecule has 0 spiro atoms. The molecule has 3 N–H and O–H groups in total. The number of aromatic nitrogens is 1. The molecule has 5 rings (SSSR count). The number of carbonyl (C=O) groups is 1. The number of nitrogens with one attached hydrogen (secondary N) is 1. The van der Waals surface area contributed by atoms with Crippen molar-refractivity contribution in [2.75, 3.05) is 5.32 Å². The van der Waals surface area contributed by atoms with Crippen LogP contribution in [0.2, 0.25) is 0 Å². The Morgan fingerprint density at radius 2 is 1.68 bits per heavy atom. The third-order valence-corrected chi connectivity index (χ3v) is 5.92. The van der Waals surface area contributed by atoms with Gasteiger partial charge in [0.1, 0.15) is 5.69 Å². The fourth-order valence-electron chi connectivity index (χ4n) is 3.83. The quantitative estimate of drug-likeness (QED) is 0.444. The predicted octanol–water partition coefficient (Wildman–Crippen LogP) is 4.59. The molecule has 5 nitrogen and oxygen atoms in total. The van der Waals surface area contributed by atoms with Gasteiger partial charge in [-0.15, -0.1) is 11.3 Å². The lowest BCUT2D eigenvalue weighted by Crippen LogP contribution is -2.80. The van der Waals surface area contributed by atoms with Crippen molar-refractivity contribution in [1.29, 1.82) is 0 Å². The molecule has 0 saturated heterocycles. The number of hydrogen-bond donors (Lipinski definition) is 2. The molecule has 1 amide bonds. The van der Waals surface area contributed by atoms with Gasteiger partial charge < -0.3 is 5.32 Å². The minimum Gasteiger partial charge on any atom is -0.326 e. The first-order chi connectivity index (χ1) is 15.3. The van der Waals surface area contributed by atoms with Crippen LogP contribution in [0.5, 0.6) is 0 Å². The highest BCUT2D eigenvalue weighted by molar-refractivity contribution is 7.07. The van der Waals surface area contributed by atoms with Gasteiger partial charge in [-0.1, -0.05) is 60.7 Å². The molecule has 152 valence electrons. The lowest BCUT2D eigenvalue weighted by molar-refractivity contribution is -0.437. The van der Waals surface area contributed by atoms with Gasteiger partial charge in [-0.05, 0) is 23.3 Å². The number of rotatable bonds is 6. The van der Waals surface area contributed by atoms with Gasteiger partial charge in [0.15, 0.2) is 11.4 Å². The van der Waals surface area contributed by atoms with Crippen molar-refractivity contribution in [1.82, 2.24) is 4.98 Å². The summed E-state index contributed by atoms with van der Waals surface area (Å²) in [5, 5.41) is 7.06. The van der Waals surface area contributed by atoms with E-state index in [0.29, 0.717) is 6.42 Å². The Morgan fingerprint density at radius 3 is 2.32 bits per heavy atom. The van der Waals surface area contributed by atoms with Gasteiger partial charge in [-0.2, -0.15) is 4.99 Å². The predicted molar refractivity (Wildman–Crippen MR) is 124 cm³/mol. The fraction of sp³-hybridized carbons (Fsp3) is 0.0800. The summed E-state index contributed by atoms with van der Waals surface area (Å²) in [6.45, 7) is 0. The molecular weight excluding hydrogens is 404 g/mol. The average molecular weight is 426 g/mol. The summed E-state index contributed by atoms with van der Waals surface area (Å²) in [7, 11) is 0. The number of fused-ring (bicyclic) bond motifs is 1. The highest BCUT2D eigenvalue weighted by Gasteiger charge is 2.23. The van der Waals surface area contributed by atoms with Gasteiger partial charge in [0.25, 0.3) is 5.84 Å². The number of amidine groups is 1. The van der Waals surface area contributed by atoms with Gasteiger partial charge >= 0.3 is 0 Å². The van der Waals surface area contributed by atoms with E-state index in [9.17, 15) is 4.79 Å². The Kier molecular flexibility index (Phi) is 5.39. The summed E-state index contributed by atoms with van der Waals surface area (Å²) >= 11 is 1.55. The van der Waals surface area contributed by atoms with E-state index in [0.717, 1.165) is 39.7 Å². The third kappa shape index (κ3) is 4.30. The Hall–Kier alpha value is -3.61. The number of carbonyl (C=O) groups excluding carboxylic acids is 1. The second-order valence-electron chi connectivity index (χ2n) is 7.41. The van der Waals surface area contributed by atoms with Crippen LogP contribution in [0.1, 0.15) is 29.2 Å². The second kappa shape index (κ2) is 8.63. The van der Waals surface area contributed by atoms with Gasteiger partial charge in [0.2, 0.25) is 5.91 Å². The zero-order valence-corrected chi connectivity index (χ0v) is 17.5. The maximum atomic E-state index is 13.0. The summed E-state index contributed by atoms with van der Waals surface area (Å²) in [6, 6.07) is 26.2. The highest BCUT2D eigenvalue weighted by Crippen LogP contribution is 2.30. The van der Waals surface area contributed by atoms with Crippen LogP contribution in [-0.2, 0) is 4.79 Å². The van der Waals surface area contributed by atoms with Gasteiger partial charge in [-0.3, -0.25) is 10.1 Å². The number of quaternary nitrogens is 1. The summed E-state index contributed by atoms with van der Waals surface area (Å²) in [5.41, 5.74) is 7.60. The molecule has 0 atom stereocenters. The molecule has 0 fully saturated rings. The van der Waals surface area contributed by atoms with Crippen molar-refractivity contribution in [3.8, 4) is 0 Å². The second-order valence-corrected chi connectivity index (χ2v) is 8.13. The SMILES string of the molecule is O=C(CC(c1ccccc1)c1ccccc1)Nc1ccc2c(c1)[NH2+]C(c1cscn1)=N2. The Morgan fingerprint density at radius 1 is 0.968 bits per heavy atom. The van der Waals surface area contributed by atoms with Crippen LogP contribution in [0.4, 0.5) is 17.1 Å². The van der Waals surface area contributed by atoms with E-state index in [1.54, 1.807) is 16.8 Å². The van der Waals surface area contributed by atoms with Crippen LogP contribution in [0.3, 0.4) is 0 Å². The summed E-state index contributed by atoms with van der Waals surface area (Å²) in [4.78, 5) is 21.9. The maximum absolute atomic E-state index is 13.0. The van der Waals surface area contributed by atoms with E-state index in [-0.39, 0.29) is 11.8 Å². The van der Waals surface area contributed by atoms with Crippen molar-refractivity contribution in [3.05, 3.63) is 107 Å². The van der Waals surface area contributed by atoms with Crippen molar-refractivity contribution in [2.24, 2.45) is 4.99 Å². The number of amides is 1. The zero-order valence-electron chi connectivity index (χ0n) is 16.7. The molecule has 0 unspecified atom stereocenters. The molecule has 6 heteroatoms. The smallest absolute Gasteiger partial charge is 0.257 e. The van der Waals surface area contributed by atoms with Crippen LogP contribution >= 0.6 is 11.3 Å². The Balaban J connectivity index is 1.31. The molecular formula is C25H21N4OS+. The molecule has 3 aromatic carbocycles. The van der Waals surface area contributed by atoms with Gasteiger partial charge in [0.05, 0.1) is 5.51 Å². The minimum atomic E-state index is -0.0173. The number of thiazole rings is 1. The first kappa shape index (κ1) is 19.4. The van der Waals surface area contributed by atoms with E-state index in [4.69, 9.17) is 0 Å². The normalized spacial score (nSPS) is 12.5. The molecule has 0 aliphatic carbocycles. The van der Waals surface area contributed by atoms with E-state index >= 15 is 0 Å². The monoisotopic (exact) mass is 425 g/mol. The first-order valence-electron chi connectivity index (χ1n) is 10.1. The topological polar surface area (TPSA) is 71.0 Å². The number of nitrogens with two attached hydrogens (primary N) is 1. The van der Waals surface area contributed by atoms with Crippen LogP contribution in [0.15, 0.2) is 94.7 Å². The largest absolute Gasteiger partial charge is 0.326 e. The maximum Gasteiger partial charge on any atom is 0.257 e. The Bertz CT molecular complexity index is 1180. The molecule has 1 aliphatic rings. The van der Waals surface area contributed by atoms with E-state index < -0.39 is 0 Å². The fourth-order valence-corrected chi connectivity index (χ4v) is 4.37. The van der Waals surface area contributed by atoms with Crippen LogP contribution in [0.25, 0.3) is 0 Å². The standard InChI is InChI=1S/C25H20N4OS/c30-24(14-20(17-7-3-1-4-8-17)18-9-5-2-6-10-18)27-19-11-12-21-22(13-19)29-25(28-21)23-15-31-16-26-23/h1-13,15-16,20H,14H2,(H,27,30)(H,28,29)/p+1. The molecule has 0 bridgehead atoms. The van der Waals surface area contributed by atoms with Crippen molar-refractivity contribution in [3.63, 3.8) is 0 Å². The first-order valence-corrected chi connectivity index (χ1v) is 11.1. The summed E-state index contributed by atoms with van der Waals surface area (Å²) in [5.74, 6) is 0.840. The van der Waals surface area contributed by atoms with Crippen molar-refractivity contribution < 1.29 is 10.1 Å². The summed E-state index contributed by atoms with van der Waals surface area (Å²) in [6.07, 6.45) is 0.370. The van der Waals surface area contributed by atoms with Crippen LogP contribution in [-0.4, -0.2) is 16.7 Å². The molecule has 1 aromatic heterocycles. The van der Waals surface area contributed by atoms with Crippen LogP contribution < -0.4 is 10.6 Å². The lowest BCUT2D eigenvalue weighted by Gasteiger charge is -2.18. The highest BCUT2D eigenvalue weighted by atomic mass is 32.1. The van der Waals surface area contributed by atoms with Gasteiger partial charge in [-0.25, -0.2) is 4.98 Å².